The van der Waals surface area contributed by atoms with Gasteiger partial charge in [-0.1, -0.05) is 29.8 Å². The van der Waals surface area contributed by atoms with Crippen LogP contribution < -0.4 is 5.56 Å². The first kappa shape index (κ1) is 15.1. The van der Waals surface area contributed by atoms with Crippen LogP contribution in [0.25, 0.3) is 5.69 Å². The lowest BCUT2D eigenvalue weighted by Gasteiger charge is -1.99. The van der Waals surface area contributed by atoms with Crippen molar-refractivity contribution in [1.82, 2.24) is 9.78 Å². The van der Waals surface area contributed by atoms with Crippen molar-refractivity contribution in [1.29, 1.82) is 0 Å². The second-order valence-electron chi connectivity index (χ2n) is 5.02. The van der Waals surface area contributed by atoms with E-state index in [2.05, 4.69) is 10.1 Å². The van der Waals surface area contributed by atoms with Gasteiger partial charge in [0.25, 0.3) is 5.56 Å². The Hall–Kier alpha value is -2.79. The third-order valence-corrected chi connectivity index (χ3v) is 3.64. The quantitative estimate of drug-likeness (QED) is 0.722. The molecular formula is C17H14ClN3O2. The maximum absolute atomic E-state index is 12.5. The number of aromatic nitrogens is 2. The SMILES string of the molecule is Cc1[nH]n(-c2ccccc2)c(=O)c1C=Nc1cc(Cl)ccc1O. The van der Waals surface area contributed by atoms with E-state index < -0.39 is 0 Å². The zero-order valence-electron chi connectivity index (χ0n) is 12.3. The van der Waals surface area contributed by atoms with Crippen molar-refractivity contribution in [3.8, 4) is 11.4 Å². The summed E-state index contributed by atoms with van der Waals surface area (Å²) in [6.45, 7) is 1.79. The van der Waals surface area contributed by atoms with Crippen LogP contribution in [0.4, 0.5) is 5.69 Å². The highest BCUT2D eigenvalue weighted by molar-refractivity contribution is 6.30. The van der Waals surface area contributed by atoms with Crippen LogP contribution in [0, 0.1) is 6.92 Å². The molecule has 5 nitrogen and oxygen atoms in total. The van der Waals surface area contributed by atoms with Gasteiger partial charge in [0.1, 0.15) is 11.4 Å². The monoisotopic (exact) mass is 327 g/mol. The van der Waals surface area contributed by atoms with Crippen LogP contribution in [0.3, 0.4) is 0 Å². The number of aryl methyl sites for hydroxylation is 1. The van der Waals surface area contributed by atoms with Crippen molar-refractivity contribution in [2.24, 2.45) is 4.99 Å². The molecule has 1 aromatic heterocycles. The molecule has 2 aromatic carbocycles. The first-order valence-electron chi connectivity index (χ1n) is 6.96. The van der Waals surface area contributed by atoms with Crippen LogP contribution >= 0.6 is 11.6 Å². The van der Waals surface area contributed by atoms with E-state index >= 15 is 0 Å². The molecule has 0 fully saturated rings. The van der Waals surface area contributed by atoms with E-state index in [0.717, 1.165) is 5.69 Å². The maximum atomic E-state index is 12.5. The summed E-state index contributed by atoms with van der Waals surface area (Å²) in [6, 6.07) is 13.8. The number of hydrogen-bond acceptors (Lipinski definition) is 3. The molecule has 3 aromatic rings. The smallest absolute Gasteiger partial charge is 0.280 e. The fourth-order valence-corrected chi connectivity index (χ4v) is 2.37. The first-order valence-corrected chi connectivity index (χ1v) is 7.33. The molecule has 0 saturated heterocycles. The van der Waals surface area contributed by atoms with Crippen LogP contribution in [-0.4, -0.2) is 21.1 Å². The highest BCUT2D eigenvalue weighted by atomic mass is 35.5. The highest BCUT2D eigenvalue weighted by Gasteiger charge is 2.10. The molecule has 23 heavy (non-hydrogen) atoms. The number of aromatic amines is 1. The van der Waals surface area contributed by atoms with Gasteiger partial charge in [-0.3, -0.25) is 14.9 Å². The van der Waals surface area contributed by atoms with Crippen LogP contribution in [0.5, 0.6) is 5.75 Å². The van der Waals surface area contributed by atoms with Crippen LogP contribution in [-0.2, 0) is 0 Å². The molecule has 0 aliphatic rings. The summed E-state index contributed by atoms with van der Waals surface area (Å²) in [6.07, 6.45) is 1.43. The van der Waals surface area contributed by atoms with Crippen molar-refractivity contribution in [3.05, 3.63) is 75.2 Å². The minimum atomic E-state index is -0.209. The van der Waals surface area contributed by atoms with E-state index in [4.69, 9.17) is 11.6 Å². The summed E-state index contributed by atoms with van der Waals surface area (Å²) in [5.74, 6) is 0.00206. The third kappa shape index (κ3) is 3.05. The molecule has 2 N–H and O–H groups in total. The van der Waals surface area contributed by atoms with Gasteiger partial charge < -0.3 is 5.11 Å². The molecular weight excluding hydrogens is 314 g/mol. The van der Waals surface area contributed by atoms with Crippen LogP contribution in [0.1, 0.15) is 11.3 Å². The number of nitrogens with one attached hydrogen (secondary N) is 1. The minimum absolute atomic E-state index is 0.00206. The van der Waals surface area contributed by atoms with Gasteiger partial charge in [-0.15, -0.1) is 0 Å². The van der Waals surface area contributed by atoms with Crippen molar-refractivity contribution in [3.63, 3.8) is 0 Å². The summed E-state index contributed by atoms with van der Waals surface area (Å²) < 4.78 is 1.45. The minimum Gasteiger partial charge on any atom is -0.506 e. The van der Waals surface area contributed by atoms with Gasteiger partial charge in [-0.05, 0) is 37.3 Å². The predicted molar refractivity (Wildman–Crippen MR) is 91.5 cm³/mol. The molecule has 0 amide bonds. The molecule has 0 atom stereocenters. The molecule has 1 heterocycles. The standard InChI is InChI=1S/C17H14ClN3O2/c1-11-14(10-19-15-9-12(18)7-8-16(15)22)17(23)21(20-11)13-5-3-2-4-6-13/h2-10,20,22H,1H3. The molecule has 0 radical (unpaired) electrons. The van der Waals surface area contributed by atoms with Gasteiger partial charge in [-0.2, -0.15) is 0 Å². The molecule has 0 bridgehead atoms. The summed E-state index contributed by atoms with van der Waals surface area (Å²) in [5.41, 5.74) is 1.95. The lowest BCUT2D eigenvalue weighted by molar-refractivity contribution is 0.477. The van der Waals surface area contributed by atoms with Crippen molar-refractivity contribution in [2.45, 2.75) is 6.92 Å². The van der Waals surface area contributed by atoms with E-state index in [1.807, 2.05) is 30.3 Å². The summed E-state index contributed by atoms with van der Waals surface area (Å²) in [4.78, 5) is 16.7. The van der Waals surface area contributed by atoms with Gasteiger partial charge in [-0.25, -0.2) is 4.68 Å². The Kier molecular flexibility index (Phi) is 4.04. The maximum Gasteiger partial charge on any atom is 0.280 e. The van der Waals surface area contributed by atoms with Gasteiger partial charge in [0, 0.05) is 16.9 Å². The zero-order chi connectivity index (χ0) is 16.4. The number of phenolic OH excluding ortho intramolecular Hbond substituents is 1. The van der Waals surface area contributed by atoms with Gasteiger partial charge in [0.2, 0.25) is 0 Å². The Balaban J connectivity index is 2.02. The average Bonchev–Trinajstić information content (AvgIpc) is 2.84. The molecule has 0 aliphatic carbocycles. The number of phenols is 1. The lowest BCUT2D eigenvalue weighted by Crippen LogP contribution is -2.17. The van der Waals surface area contributed by atoms with Crippen molar-refractivity contribution in [2.75, 3.05) is 0 Å². The second-order valence-corrected chi connectivity index (χ2v) is 5.45. The number of rotatable bonds is 3. The molecule has 116 valence electrons. The summed E-state index contributed by atoms with van der Waals surface area (Å²) in [5, 5.41) is 13.2. The first-order chi connectivity index (χ1) is 11.1. The van der Waals surface area contributed by atoms with E-state index in [1.54, 1.807) is 13.0 Å². The van der Waals surface area contributed by atoms with Crippen molar-refractivity contribution >= 4 is 23.5 Å². The Morgan fingerprint density at radius 2 is 1.96 bits per heavy atom. The van der Waals surface area contributed by atoms with Crippen LogP contribution in [0.2, 0.25) is 5.02 Å². The zero-order valence-corrected chi connectivity index (χ0v) is 13.1. The molecule has 3 rings (SSSR count). The summed E-state index contributed by atoms with van der Waals surface area (Å²) >= 11 is 5.89. The van der Waals surface area contributed by atoms with Gasteiger partial charge >= 0.3 is 0 Å². The Bertz CT molecular complexity index is 927. The fraction of sp³-hybridized carbons (Fsp3) is 0.0588. The Morgan fingerprint density at radius 3 is 2.70 bits per heavy atom. The van der Waals surface area contributed by atoms with E-state index in [0.29, 0.717) is 22.0 Å². The second kappa shape index (κ2) is 6.14. The number of hydrogen-bond donors (Lipinski definition) is 2. The fourth-order valence-electron chi connectivity index (χ4n) is 2.20. The van der Waals surface area contributed by atoms with E-state index in [1.165, 1.54) is 23.0 Å². The number of aromatic hydroxyl groups is 1. The van der Waals surface area contributed by atoms with Crippen LogP contribution in [0.15, 0.2) is 58.3 Å². The van der Waals surface area contributed by atoms with Gasteiger partial charge in [0.15, 0.2) is 0 Å². The normalized spacial score (nSPS) is 11.2. The van der Waals surface area contributed by atoms with Gasteiger partial charge in [0.05, 0.1) is 11.3 Å². The lowest BCUT2D eigenvalue weighted by atomic mass is 10.2. The Labute approximate surface area is 137 Å². The molecule has 0 unspecified atom stereocenters. The van der Waals surface area contributed by atoms with E-state index in [9.17, 15) is 9.90 Å². The number of para-hydroxylation sites is 1. The molecule has 6 heteroatoms. The summed E-state index contributed by atoms with van der Waals surface area (Å²) in [7, 11) is 0. The largest absolute Gasteiger partial charge is 0.506 e. The molecule has 0 spiro atoms. The van der Waals surface area contributed by atoms with Crippen molar-refractivity contribution < 1.29 is 5.11 Å². The molecule has 0 saturated carbocycles. The number of aliphatic imine (C=N–C) groups is 1. The average molecular weight is 328 g/mol. The predicted octanol–water partition coefficient (Wildman–Crippen LogP) is 3.58. The number of nitrogens with zero attached hydrogens (tertiary/aromatic N) is 2. The number of halogens is 1. The molecule has 0 aliphatic heterocycles. The number of benzene rings is 2. The third-order valence-electron chi connectivity index (χ3n) is 3.40. The topological polar surface area (TPSA) is 70.4 Å². The number of H-pyrrole nitrogens is 1. The Morgan fingerprint density at radius 1 is 1.22 bits per heavy atom. The highest BCUT2D eigenvalue weighted by Crippen LogP contribution is 2.29. The van der Waals surface area contributed by atoms with E-state index in [-0.39, 0.29) is 11.3 Å².